The Balaban J connectivity index is 1.32. The Morgan fingerprint density at radius 3 is 2.76 bits per heavy atom. The second-order valence-electron chi connectivity index (χ2n) is 6.88. The van der Waals surface area contributed by atoms with Crippen molar-refractivity contribution in [2.75, 3.05) is 26.0 Å². The van der Waals surface area contributed by atoms with Crippen LogP contribution in [0.15, 0.2) is 60.0 Å². The first-order valence-corrected chi connectivity index (χ1v) is 10.3. The zero-order valence-corrected chi connectivity index (χ0v) is 17.1. The van der Waals surface area contributed by atoms with Crippen LogP contribution in [0.25, 0.3) is 5.69 Å². The van der Waals surface area contributed by atoms with Crippen molar-refractivity contribution in [1.82, 2.24) is 19.7 Å². The molecule has 29 heavy (non-hydrogen) atoms. The molecule has 3 aromatic rings. The van der Waals surface area contributed by atoms with Gasteiger partial charge in [0.05, 0.1) is 12.3 Å². The van der Waals surface area contributed by atoms with Gasteiger partial charge >= 0.3 is 0 Å². The molecule has 0 fully saturated rings. The minimum Gasteiger partial charge on any atom is -0.486 e. The average molecular weight is 410 g/mol. The molecule has 4 rings (SSSR count). The number of hydrogen-bond donors (Lipinski definition) is 0. The number of aromatic nitrogens is 3. The van der Waals surface area contributed by atoms with E-state index >= 15 is 0 Å². The molecule has 1 amide bonds. The van der Waals surface area contributed by atoms with Crippen molar-refractivity contribution < 1.29 is 14.3 Å². The van der Waals surface area contributed by atoms with Crippen molar-refractivity contribution in [2.24, 2.45) is 0 Å². The molecule has 1 atom stereocenters. The van der Waals surface area contributed by atoms with Crippen LogP contribution in [0.5, 0.6) is 11.5 Å². The number of ether oxygens (including phenoxy) is 2. The summed E-state index contributed by atoms with van der Waals surface area (Å²) < 4.78 is 13.5. The lowest BCUT2D eigenvalue weighted by molar-refractivity contribution is -0.128. The maximum Gasteiger partial charge on any atom is 0.232 e. The number of para-hydroxylation sites is 2. The van der Waals surface area contributed by atoms with Gasteiger partial charge in [0.1, 0.15) is 12.9 Å². The Labute approximate surface area is 173 Å². The van der Waals surface area contributed by atoms with Gasteiger partial charge in [-0.25, -0.2) is 0 Å². The van der Waals surface area contributed by atoms with Crippen molar-refractivity contribution in [3.05, 3.63) is 60.4 Å². The van der Waals surface area contributed by atoms with Gasteiger partial charge in [0.15, 0.2) is 22.8 Å². The third-order valence-electron chi connectivity index (χ3n) is 4.62. The van der Waals surface area contributed by atoms with Gasteiger partial charge in [-0.3, -0.25) is 9.36 Å². The van der Waals surface area contributed by atoms with Gasteiger partial charge in [-0.1, -0.05) is 41.6 Å². The summed E-state index contributed by atoms with van der Waals surface area (Å²) in [7, 11) is 1.78. The lowest BCUT2D eigenvalue weighted by Crippen LogP contribution is -2.42. The molecule has 1 aliphatic rings. The molecule has 1 unspecified atom stereocenters. The number of thioether (sulfide) groups is 1. The molecule has 0 N–H and O–H groups in total. The van der Waals surface area contributed by atoms with Crippen LogP contribution in [0.3, 0.4) is 0 Å². The first kappa shape index (κ1) is 19.3. The van der Waals surface area contributed by atoms with E-state index in [-0.39, 0.29) is 17.8 Å². The molecule has 0 radical (unpaired) electrons. The van der Waals surface area contributed by atoms with Crippen molar-refractivity contribution in [3.8, 4) is 17.2 Å². The summed E-state index contributed by atoms with van der Waals surface area (Å²) in [5, 5.41) is 8.82. The first-order valence-electron chi connectivity index (χ1n) is 9.32. The highest BCUT2D eigenvalue weighted by Crippen LogP contribution is 2.31. The van der Waals surface area contributed by atoms with E-state index in [0.717, 1.165) is 11.4 Å². The highest BCUT2D eigenvalue weighted by Gasteiger charge is 2.24. The van der Waals surface area contributed by atoms with Crippen LogP contribution in [-0.4, -0.2) is 57.6 Å². The van der Waals surface area contributed by atoms with Crippen LogP contribution >= 0.6 is 11.8 Å². The molecule has 2 aromatic carbocycles. The molecular formula is C21H22N4O3S. The molecule has 0 bridgehead atoms. The molecule has 7 nitrogen and oxygen atoms in total. The molecule has 0 aliphatic carbocycles. The summed E-state index contributed by atoms with van der Waals surface area (Å²) in [6, 6.07) is 15.6. The Hall–Kier alpha value is -3.00. The topological polar surface area (TPSA) is 69.5 Å². The Kier molecular flexibility index (Phi) is 5.71. The molecule has 1 aromatic heterocycles. The lowest BCUT2D eigenvalue weighted by atomic mass is 10.2. The summed E-state index contributed by atoms with van der Waals surface area (Å²) in [6.07, 6.45) is 1.46. The Bertz CT molecular complexity index is 990. The third kappa shape index (κ3) is 4.54. The largest absolute Gasteiger partial charge is 0.486 e. The smallest absolute Gasteiger partial charge is 0.232 e. The van der Waals surface area contributed by atoms with E-state index in [1.165, 1.54) is 17.3 Å². The Morgan fingerprint density at radius 1 is 1.21 bits per heavy atom. The van der Waals surface area contributed by atoms with E-state index in [1.54, 1.807) is 18.3 Å². The number of aryl methyl sites for hydroxylation is 1. The third-order valence-corrected chi connectivity index (χ3v) is 5.55. The van der Waals surface area contributed by atoms with Gasteiger partial charge < -0.3 is 14.4 Å². The second kappa shape index (κ2) is 8.57. The monoisotopic (exact) mass is 410 g/mol. The first-order chi connectivity index (χ1) is 14.1. The maximum absolute atomic E-state index is 12.6. The van der Waals surface area contributed by atoms with Gasteiger partial charge in [-0.05, 0) is 31.2 Å². The van der Waals surface area contributed by atoms with Crippen molar-refractivity contribution >= 4 is 17.7 Å². The average Bonchev–Trinajstić information content (AvgIpc) is 3.21. The number of nitrogens with zero attached hydrogens (tertiary/aromatic N) is 4. The minimum atomic E-state index is -0.194. The van der Waals surface area contributed by atoms with Gasteiger partial charge in [0.25, 0.3) is 0 Å². The normalized spacial score (nSPS) is 15.2. The van der Waals surface area contributed by atoms with E-state index in [1.807, 2.05) is 60.0 Å². The predicted molar refractivity (Wildman–Crippen MR) is 111 cm³/mol. The molecule has 0 spiro atoms. The summed E-state index contributed by atoms with van der Waals surface area (Å²) in [6.45, 7) is 2.92. The van der Waals surface area contributed by atoms with Gasteiger partial charge in [0.2, 0.25) is 5.91 Å². The lowest BCUT2D eigenvalue weighted by Gasteiger charge is -2.29. The summed E-state index contributed by atoms with van der Waals surface area (Å²) in [5.74, 6) is 1.72. The van der Waals surface area contributed by atoms with E-state index in [2.05, 4.69) is 10.2 Å². The number of rotatable bonds is 6. The summed E-state index contributed by atoms with van der Waals surface area (Å²) in [4.78, 5) is 14.3. The van der Waals surface area contributed by atoms with Crippen LogP contribution in [0.2, 0.25) is 0 Å². The predicted octanol–water partition coefficient (Wildman–Crippen LogP) is 2.97. The minimum absolute atomic E-state index is 0.00378. The standard InChI is InChI=1S/C21H22N4O3S/c1-15-7-9-16(10-8-15)25-14-22-23-21(25)29-13-20(26)24(2)11-17-12-27-18-5-3-4-6-19(18)28-17/h3-10,14,17H,11-13H2,1-2H3. The van der Waals surface area contributed by atoms with Gasteiger partial charge in [0, 0.05) is 12.7 Å². The number of amides is 1. The van der Waals surface area contributed by atoms with Gasteiger partial charge in [-0.15, -0.1) is 10.2 Å². The van der Waals surface area contributed by atoms with Crippen molar-refractivity contribution in [1.29, 1.82) is 0 Å². The maximum atomic E-state index is 12.6. The SMILES string of the molecule is Cc1ccc(-n2cnnc2SCC(=O)N(C)CC2COc3ccccc3O2)cc1. The fourth-order valence-corrected chi connectivity index (χ4v) is 3.87. The quantitative estimate of drug-likeness (QED) is 0.582. The highest BCUT2D eigenvalue weighted by molar-refractivity contribution is 7.99. The molecule has 0 saturated heterocycles. The molecule has 1 aliphatic heterocycles. The summed E-state index contributed by atoms with van der Waals surface area (Å²) >= 11 is 1.37. The number of carbonyl (C=O) groups is 1. The van der Waals surface area contributed by atoms with E-state index in [4.69, 9.17) is 9.47 Å². The fraction of sp³-hybridized carbons (Fsp3) is 0.286. The van der Waals surface area contributed by atoms with Crippen LogP contribution in [0.4, 0.5) is 0 Å². The number of fused-ring (bicyclic) bond motifs is 1. The van der Waals surface area contributed by atoms with Crippen LogP contribution in [0.1, 0.15) is 5.56 Å². The molecular weight excluding hydrogens is 388 g/mol. The van der Waals surface area contributed by atoms with Crippen molar-refractivity contribution in [2.45, 2.75) is 18.2 Å². The zero-order valence-electron chi connectivity index (χ0n) is 16.3. The van der Waals surface area contributed by atoms with E-state index in [9.17, 15) is 4.79 Å². The molecule has 150 valence electrons. The Morgan fingerprint density at radius 2 is 1.97 bits per heavy atom. The number of benzene rings is 2. The van der Waals surface area contributed by atoms with E-state index < -0.39 is 0 Å². The second-order valence-corrected chi connectivity index (χ2v) is 7.82. The number of likely N-dealkylation sites (N-methyl/N-ethyl adjacent to an activating group) is 1. The number of carbonyl (C=O) groups excluding carboxylic acids is 1. The van der Waals surface area contributed by atoms with Crippen LogP contribution in [-0.2, 0) is 4.79 Å². The van der Waals surface area contributed by atoms with Gasteiger partial charge in [-0.2, -0.15) is 0 Å². The van der Waals surface area contributed by atoms with E-state index in [0.29, 0.717) is 24.1 Å². The molecule has 8 heteroatoms. The van der Waals surface area contributed by atoms with Crippen molar-refractivity contribution in [3.63, 3.8) is 0 Å². The number of hydrogen-bond acceptors (Lipinski definition) is 6. The fourth-order valence-electron chi connectivity index (χ4n) is 3.00. The van der Waals surface area contributed by atoms with Crippen LogP contribution in [0, 0.1) is 6.92 Å². The zero-order chi connectivity index (χ0) is 20.2. The molecule has 2 heterocycles. The summed E-state index contributed by atoms with van der Waals surface area (Å²) in [5.41, 5.74) is 2.15. The molecule has 0 saturated carbocycles. The van der Waals surface area contributed by atoms with Crippen LogP contribution < -0.4 is 9.47 Å². The highest BCUT2D eigenvalue weighted by atomic mass is 32.2.